The van der Waals surface area contributed by atoms with E-state index in [-0.39, 0.29) is 0 Å². The van der Waals surface area contributed by atoms with Crippen molar-refractivity contribution in [3.8, 4) is 5.75 Å². The molecule has 0 saturated heterocycles. The lowest BCUT2D eigenvalue weighted by Gasteiger charge is -2.22. The highest BCUT2D eigenvalue weighted by Gasteiger charge is 2.25. The van der Waals surface area contributed by atoms with Crippen molar-refractivity contribution in [2.45, 2.75) is 32.1 Å². The maximum absolute atomic E-state index is 5.86. The van der Waals surface area contributed by atoms with Crippen molar-refractivity contribution in [2.75, 3.05) is 12.8 Å². The smallest absolute Gasteiger partial charge is 0.180 e. The summed E-state index contributed by atoms with van der Waals surface area (Å²) in [5, 5.41) is 0.696. The predicted molar refractivity (Wildman–Crippen MR) is 79.0 cm³/mol. The Balaban J connectivity index is 2.01. The second-order valence-electron chi connectivity index (χ2n) is 5.04. The molecular formula is C15H18N2OS. The van der Waals surface area contributed by atoms with Gasteiger partial charge in [0.25, 0.3) is 0 Å². The highest BCUT2D eigenvalue weighted by molar-refractivity contribution is 7.15. The number of nitrogen functional groups attached to an aromatic ring is 1. The Morgan fingerprint density at radius 3 is 3.00 bits per heavy atom. The van der Waals surface area contributed by atoms with E-state index in [4.69, 9.17) is 10.5 Å². The number of nitrogens with zero attached hydrogens (tertiary/aromatic N) is 1. The fourth-order valence-electron chi connectivity index (χ4n) is 2.87. The van der Waals surface area contributed by atoms with Gasteiger partial charge in [0.1, 0.15) is 5.75 Å². The molecule has 100 valence electrons. The molecule has 1 unspecified atom stereocenters. The van der Waals surface area contributed by atoms with Gasteiger partial charge in [-0.15, -0.1) is 11.3 Å². The summed E-state index contributed by atoms with van der Waals surface area (Å²) in [5.41, 5.74) is 9.60. The summed E-state index contributed by atoms with van der Waals surface area (Å²) in [6.07, 6.45) is 3.43. The standard InChI is InChI=1S/C15H18N2OS/c1-9-8-10(6-7-13(9)18-2)11-4-3-5-12-14(11)19-15(16)17-12/h6-8,11H,3-5H2,1-2H3,(H2,16,17). The van der Waals surface area contributed by atoms with Gasteiger partial charge >= 0.3 is 0 Å². The summed E-state index contributed by atoms with van der Waals surface area (Å²) in [4.78, 5) is 5.81. The second kappa shape index (κ2) is 4.85. The van der Waals surface area contributed by atoms with Gasteiger partial charge in [0.15, 0.2) is 5.13 Å². The fourth-order valence-corrected chi connectivity index (χ4v) is 3.92. The Hall–Kier alpha value is -1.55. The Morgan fingerprint density at radius 1 is 1.42 bits per heavy atom. The Kier molecular flexibility index (Phi) is 3.19. The van der Waals surface area contributed by atoms with E-state index in [1.165, 1.54) is 34.5 Å². The van der Waals surface area contributed by atoms with Gasteiger partial charge in [0.2, 0.25) is 0 Å². The van der Waals surface area contributed by atoms with Crippen LogP contribution >= 0.6 is 11.3 Å². The topological polar surface area (TPSA) is 48.1 Å². The van der Waals surface area contributed by atoms with Gasteiger partial charge in [-0.25, -0.2) is 4.98 Å². The van der Waals surface area contributed by atoms with Crippen LogP contribution in [-0.4, -0.2) is 12.1 Å². The fraction of sp³-hybridized carbons (Fsp3) is 0.400. The first-order valence-corrected chi connectivity index (χ1v) is 7.40. The molecule has 0 saturated carbocycles. The number of benzene rings is 1. The number of ether oxygens (including phenoxy) is 1. The monoisotopic (exact) mass is 274 g/mol. The SMILES string of the molecule is COc1ccc(C2CCCc3nc(N)sc32)cc1C. The third-order valence-corrected chi connectivity index (χ3v) is 4.83. The number of anilines is 1. The zero-order valence-electron chi connectivity index (χ0n) is 11.3. The summed E-state index contributed by atoms with van der Waals surface area (Å²) in [5.74, 6) is 1.40. The highest BCUT2D eigenvalue weighted by atomic mass is 32.1. The number of aryl methyl sites for hydroxylation is 2. The number of hydrogen-bond acceptors (Lipinski definition) is 4. The summed E-state index contributed by atoms with van der Waals surface area (Å²) >= 11 is 1.64. The van der Waals surface area contributed by atoms with E-state index in [9.17, 15) is 0 Å². The Morgan fingerprint density at radius 2 is 2.26 bits per heavy atom. The van der Waals surface area contributed by atoms with Gasteiger partial charge in [0, 0.05) is 10.8 Å². The van der Waals surface area contributed by atoms with Crippen molar-refractivity contribution in [2.24, 2.45) is 0 Å². The first kappa shape index (κ1) is 12.5. The van der Waals surface area contributed by atoms with Crippen LogP contribution in [0.5, 0.6) is 5.75 Å². The minimum atomic E-state index is 0.447. The zero-order valence-corrected chi connectivity index (χ0v) is 12.1. The minimum absolute atomic E-state index is 0.447. The lowest BCUT2D eigenvalue weighted by molar-refractivity contribution is 0.411. The number of methoxy groups -OCH3 is 1. The van der Waals surface area contributed by atoms with Crippen LogP contribution in [0.15, 0.2) is 18.2 Å². The van der Waals surface area contributed by atoms with Crippen LogP contribution in [0.4, 0.5) is 5.13 Å². The van der Waals surface area contributed by atoms with Crippen molar-refractivity contribution in [3.63, 3.8) is 0 Å². The normalized spacial score (nSPS) is 18.1. The Labute approximate surface area is 117 Å². The van der Waals surface area contributed by atoms with Crippen molar-refractivity contribution >= 4 is 16.5 Å². The van der Waals surface area contributed by atoms with Gasteiger partial charge < -0.3 is 10.5 Å². The quantitative estimate of drug-likeness (QED) is 0.911. The number of fused-ring (bicyclic) bond motifs is 1. The molecule has 0 spiro atoms. The molecule has 1 heterocycles. The van der Waals surface area contributed by atoms with Gasteiger partial charge in [-0.3, -0.25) is 0 Å². The second-order valence-corrected chi connectivity index (χ2v) is 6.10. The molecule has 0 bridgehead atoms. The van der Waals surface area contributed by atoms with E-state index >= 15 is 0 Å². The first-order chi connectivity index (χ1) is 9.19. The third kappa shape index (κ3) is 2.21. The van der Waals surface area contributed by atoms with E-state index in [1.54, 1.807) is 18.4 Å². The lowest BCUT2D eigenvalue weighted by atomic mass is 9.85. The molecule has 2 aromatic rings. The molecule has 1 aliphatic carbocycles. The van der Waals surface area contributed by atoms with Gasteiger partial charge in [-0.1, -0.05) is 12.1 Å². The number of rotatable bonds is 2. The molecule has 1 atom stereocenters. The highest BCUT2D eigenvalue weighted by Crippen LogP contribution is 2.41. The molecule has 0 radical (unpaired) electrons. The van der Waals surface area contributed by atoms with E-state index in [0.29, 0.717) is 11.0 Å². The van der Waals surface area contributed by atoms with Crippen LogP contribution < -0.4 is 10.5 Å². The summed E-state index contributed by atoms with van der Waals surface area (Å²) < 4.78 is 5.33. The summed E-state index contributed by atoms with van der Waals surface area (Å²) in [7, 11) is 1.71. The van der Waals surface area contributed by atoms with E-state index in [0.717, 1.165) is 12.2 Å². The van der Waals surface area contributed by atoms with Crippen molar-refractivity contribution < 1.29 is 4.74 Å². The minimum Gasteiger partial charge on any atom is -0.496 e. The summed E-state index contributed by atoms with van der Waals surface area (Å²) in [6.45, 7) is 2.09. The van der Waals surface area contributed by atoms with Gasteiger partial charge in [-0.05, 0) is 43.4 Å². The molecule has 1 aromatic carbocycles. The molecule has 19 heavy (non-hydrogen) atoms. The van der Waals surface area contributed by atoms with Crippen molar-refractivity contribution in [1.29, 1.82) is 0 Å². The maximum atomic E-state index is 5.86. The molecule has 0 amide bonds. The van der Waals surface area contributed by atoms with Crippen LogP contribution in [-0.2, 0) is 6.42 Å². The molecule has 3 nitrogen and oxygen atoms in total. The number of aromatic nitrogens is 1. The van der Waals surface area contributed by atoms with Crippen LogP contribution in [0.2, 0.25) is 0 Å². The molecule has 1 aliphatic rings. The molecule has 0 fully saturated rings. The van der Waals surface area contributed by atoms with Crippen LogP contribution in [0.25, 0.3) is 0 Å². The van der Waals surface area contributed by atoms with Gasteiger partial charge in [0.05, 0.1) is 12.8 Å². The molecule has 3 rings (SSSR count). The van der Waals surface area contributed by atoms with E-state index in [2.05, 4.69) is 30.1 Å². The Bertz CT molecular complexity index is 606. The predicted octanol–water partition coefficient (Wildman–Crippen LogP) is 3.51. The lowest BCUT2D eigenvalue weighted by Crippen LogP contribution is -2.09. The molecule has 4 heteroatoms. The van der Waals surface area contributed by atoms with Gasteiger partial charge in [-0.2, -0.15) is 0 Å². The third-order valence-electron chi connectivity index (χ3n) is 3.79. The van der Waals surface area contributed by atoms with Crippen molar-refractivity contribution in [3.05, 3.63) is 39.9 Å². The zero-order chi connectivity index (χ0) is 13.4. The number of thiazole rings is 1. The first-order valence-electron chi connectivity index (χ1n) is 6.58. The average molecular weight is 274 g/mol. The summed E-state index contributed by atoms with van der Waals surface area (Å²) in [6, 6.07) is 6.46. The average Bonchev–Trinajstić information content (AvgIpc) is 2.78. The molecule has 2 N–H and O–H groups in total. The molecular weight excluding hydrogens is 256 g/mol. The van der Waals surface area contributed by atoms with E-state index < -0.39 is 0 Å². The number of hydrogen-bond donors (Lipinski definition) is 1. The van der Waals surface area contributed by atoms with Crippen LogP contribution in [0.3, 0.4) is 0 Å². The maximum Gasteiger partial charge on any atom is 0.180 e. The van der Waals surface area contributed by atoms with E-state index in [1.807, 2.05) is 0 Å². The van der Waals surface area contributed by atoms with Crippen LogP contribution in [0, 0.1) is 6.92 Å². The largest absolute Gasteiger partial charge is 0.496 e. The molecule has 1 aromatic heterocycles. The van der Waals surface area contributed by atoms with Crippen molar-refractivity contribution in [1.82, 2.24) is 4.98 Å². The number of nitrogens with two attached hydrogens (primary N) is 1. The van der Waals surface area contributed by atoms with Crippen LogP contribution in [0.1, 0.15) is 40.5 Å². The molecule has 0 aliphatic heterocycles.